The molecular weight excluding hydrogens is 170 g/mol. The van der Waals surface area contributed by atoms with Gasteiger partial charge in [0.2, 0.25) is 0 Å². The zero-order chi connectivity index (χ0) is 8.86. The fraction of sp³-hybridized carbons (Fsp3) is 0.889. The summed E-state index contributed by atoms with van der Waals surface area (Å²) in [6.45, 7) is 1.53. The SMILES string of the molecule is CSCCC1(C#N)CCOCC1. The van der Waals surface area contributed by atoms with Crippen LogP contribution in [0.4, 0.5) is 0 Å². The number of hydrogen-bond acceptors (Lipinski definition) is 3. The molecule has 12 heavy (non-hydrogen) atoms. The Balaban J connectivity index is 2.44. The van der Waals surface area contributed by atoms with E-state index in [1.54, 1.807) is 0 Å². The number of ether oxygens (including phenoxy) is 1. The van der Waals surface area contributed by atoms with Gasteiger partial charge in [-0.3, -0.25) is 0 Å². The monoisotopic (exact) mass is 185 g/mol. The minimum absolute atomic E-state index is 0.0682. The summed E-state index contributed by atoms with van der Waals surface area (Å²) in [5.41, 5.74) is -0.0682. The minimum Gasteiger partial charge on any atom is -0.381 e. The molecule has 3 heteroatoms. The average molecular weight is 185 g/mol. The van der Waals surface area contributed by atoms with Gasteiger partial charge in [0.05, 0.1) is 11.5 Å². The maximum Gasteiger partial charge on any atom is 0.0691 e. The van der Waals surface area contributed by atoms with E-state index in [1.807, 2.05) is 11.8 Å². The lowest BCUT2D eigenvalue weighted by Gasteiger charge is -2.30. The highest BCUT2D eigenvalue weighted by molar-refractivity contribution is 7.98. The topological polar surface area (TPSA) is 33.0 Å². The fourth-order valence-electron chi connectivity index (χ4n) is 1.48. The van der Waals surface area contributed by atoms with Crippen molar-refractivity contribution in [2.75, 3.05) is 25.2 Å². The molecule has 0 atom stereocenters. The zero-order valence-electron chi connectivity index (χ0n) is 7.51. The molecule has 0 radical (unpaired) electrons. The van der Waals surface area contributed by atoms with E-state index < -0.39 is 0 Å². The Morgan fingerprint density at radius 2 is 2.17 bits per heavy atom. The molecule has 0 N–H and O–H groups in total. The highest BCUT2D eigenvalue weighted by Crippen LogP contribution is 2.34. The smallest absolute Gasteiger partial charge is 0.0691 e. The molecule has 0 aliphatic carbocycles. The molecule has 1 heterocycles. The summed E-state index contributed by atoms with van der Waals surface area (Å²) >= 11 is 1.82. The van der Waals surface area contributed by atoms with E-state index >= 15 is 0 Å². The number of nitrogens with zero attached hydrogens (tertiary/aromatic N) is 1. The first-order valence-electron chi connectivity index (χ1n) is 4.31. The van der Waals surface area contributed by atoms with Crippen molar-refractivity contribution in [3.8, 4) is 6.07 Å². The molecule has 1 fully saturated rings. The van der Waals surface area contributed by atoms with E-state index in [-0.39, 0.29) is 5.41 Å². The van der Waals surface area contributed by atoms with Crippen LogP contribution in [0, 0.1) is 16.7 Å². The quantitative estimate of drug-likeness (QED) is 0.674. The minimum atomic E-state index is -0.0682. The van der Waals surface area contributed by atoms with Gasteiger partial charge in [-0.05, 0) is 31.3 Å². The van der Waals surface area contributed by atoms with Crippen molar-refractivity contribution in [1.29, 1.82) is 5.26 Å². The molecule has 0 aromatic carbocycles. The molecule has 0 saturated carbocycles. The van der Waals surface area contributed by atoms with Crippen LogP contribution in [0.1, 0.15) is 19.3 Å². The second kappa shape index (κ2) is 4.74. The Kier molecular flexibility index (Phi) is 3.90. The highest BCUT2D eigenvalue weighted by Gasteiger charge is 2.31. The number of rotatable bonds is 3. The summed E-state index contributed by atoms with van der Waals surface area (Å²) < 4.78 is 5.25. The van der Waals surface area contributed by atoms with Crippen molar-refractivity contribution in [1.82, 2.24) is 0 Å². The van der Waals surface area contributed by atoms with Crippen LogP contribution >= 0.6 is 11.8 Å². The molecule has 1 aliphatic rings. The molecule has 2 nitrogen and oxygen atoms in total. The molecule has 0 amide bonds. The van der Waals surface area contributed by atoms with Crippen molar-refractivity contribution in [2.45, 2.75) is 19.3 Å². The molecule has 1 rings (SSSR count). The maximum absolute atomic E-state index is 9.05. The molecule has 0 aromatic heterocycles. The molecule has 0 aromatic rings. The van der Waals surface area contributed by atoms with Crippen LogP contribution in [-0.4, -0.2) is 25.2 Å². The van der Waals surface area contributed by atoms with Crippen molar-refractivity contribution >= 4 is 11.8 Å². The Labute approximate surface area is 78.3 Å². The Bertz CT molecular complexity index is 170. The van der Waals surface area contributed by atoms with Crippen molar-refractivity contribution in [2.24, 2.45) is 5.41 Å². The van der Waals surface area contributed by atoms with Crippen LogP contribution < -0.4 is 0 Å². The van der Waals surface area contributed by atoms with Gasteiger partial charge >= 0.3 is 0 Å². The fourth-order valence-corrected chi connectivity index (χ4v) is 2.07. The summed E-state index contributed by atoms with van der Waals surface area (Å²) in [6, 6.07) is 2.46. The number of thioether (sulfide) groups is 1. The summed E-state index contributed by atoms with van der Waals surface area (Å²) in [7, 11) is 0. The van der Waals surface area contributed by atoms with E-state index in [0.29, 0.717) is 0 Å². The van der Waals surface area contributed by atoms with E-state index in [4.69, 9.17) is 10.00 Å². The van der Waals surface area contributed by atoms with Gasteiger partial charge in [-0.1, -0.05) is 0 Å². The van der Waals surface area contributed by atoms with Gasteiger partial charge in [-0.2, -0.15) is 17.0 Å². The predicted molar refractivity (Wildman–Crippen MR) is 51.1 cm³/mol. The second-order valence-corrected chi connectivity index (χ2v) is 4.23. The third kappa shape index (κ3) is 2.40. The standard InChI is InChI=1S/C9H15NOS/c1-12-7-4-9(8-10)2-5-11-6-3-9/h2-7H2,1H3. The van der Waals surface area contributed by atoms with Crippen LogP contribution in [0.5, 0.6) is 0 Å². The largest absolute Gasteiger partial charge is 0.381 e. The van der Waals surface area contributed by atoms with Gasteiger partial charge < -0.3 is 4.74 Å². The summed E-state index contributed by atoms with van der Waals surface area (Å²) in [4.78, 5) is 0. The Morgan fingerprint density at radius 3 is 2.67 bits per heavy atom. The lowest BCUT2D eigenvalue weighted by Crippen LogP contribution is -2.28. The third-order valence-corrected chi connectivity index (χ3v) is 3.08. The Hall–Kier alpha value is -0.200. The molecular formula is C9H15NOS. The van der Waals surface area contributed by atoms with Crippen molar-refractivity contribution in [3.05, 3.63) is 0 Å². The molecule has 0 spiro atoms. The molecule has 1 saturated heterocycles. The van der Waals surface area contributed by atoms with Crippen molar-refractivity contribution in [3.63, 3.8) is 0 Å². The van der Waals surface area contributed by atoms with Crippen LogP contribution in [0.3, 0.4) is 0 Å². The summed E-state index contributed by atoms with van der Waals surface area (Å²) in [5.74, 6) is 1.09. The van der Waals surface area contributed by atoms with Crippen LogP contribution in [0.15, 0.2) is 0 Å². The van der Waals surface area contributed by atoms with Crippen LogP contribution in [0.2, 0.25) is 0 Å². The lowest BCUT2D eigenvalue weighted by atomic mass is 9.79. The molecule has 0 bridgehead atoms. The number of nitriles is 1. The predicted octanol–water partition coefficient (Wildman–Crippen LogP) is 2.06. The van der Waals surface area contributed by atoms with Gasteiger partial charge in [0.15, 0.2) is 0 Å². The maximum atomic E-state index is 9.05. The first-order valence-corrected chi connectivity index (χ1v) is 5.70. The van der Waals surface area contributed by atoms with Crippen molar-refractivity contribution < 1.29 is 4.74 Å². The molecule has 0 unspecified atom stereocenters. The average Bonchev–Trinajstić information content (AvgIpc) is 2.16. The van der Waals surface area contributed by atoms with E-state index in [9.17, 15) is 0 Å². The second-order valence-electron chi connectivity index (χ2n) is 3.25. The van der Waals surface area contributed by atoms with Gasteiger partial charge in [0.25, 0.3) is 0 Å². The van der Waals surface area contributed by atoms with Gasteiger partial charge in [0.1, 0.15) is 0 Å². The summed E-state index contributed by atoms with van der Waals surface area (Å²) in [6.07, 6.45) is 4.95. The lowest BCUT2D eigenvalue weighted by molar-refractivity contribution is 0.0395. The number of hydrogen-bond donors (Lipinski definition) is 0. The van der Waals surface area contributed by atoms with Gasteiger partial charge in [-0.15, -0.1) is 0 Å². The van der Waals surface area contributed by atoms with Gasteiger partial charge in [-0.25, -0.2) is 0 Å². The first-order chi connectivity index (χ1) is 5.83. The first kappa shape index (κ1) is 9.88. The molecule has 1 aliphatic heterocycles. The summed E-state index contributed by atoms with van der Waals surface area (Å²) in [5, 5.41) is 9.05. The van der Waals surface area contributed by atoms with Crippen LogP contribution in [-0.2, 0) is 4.74 Å². The van der Waals surface area contributed by atoms with Gasteiger partial charge in [0, 0.05) is 13.2 Å². The van der Waals surface area contributed by atoms with E-state index in [0.717, 1.165) is 38.2 Å². The van der Waals surface area contributed by atoms with Crippen LogP contribution in [0.25, 0.3) is 0 Å². The van der Waals surface area contributed by atoms with E-state index in [1.165, 1.54) is 0 Å². The highest BCUT2D eigenvalue weighted by atomic mass is 32.2. The molecule has 68 valence electrons. The Morgan fingerprint density at radius 1 is 1.50 bits per heavy atom. The normalized spacial score (nSPS) is 21.7. The van der Waals surface area contributed by atoms with E-state index in [2.05, 4.69) is 12.3 Å². The zero-order valence-corrected chi connectivity index (χ0v) is 8.32. The third-order valence-electron chi connectivity index (χ3n) is 2.47.